The molecule has 0 amide bonds. The van der Waals surface area contributed by atoms with Gasteiger partial charge in [0, 0.05) is 22.2 Å². The lowest BCUT2D eigenvalue weighted by molar-refractivity contribution is -0.401. The second-order valence-corrected chi connectivity index (χ2v) is 8.25. The molecule has 1 unspecified atom stereocenters. The molecule has 0 radical (unpaired) electrons. The van der Waals surface area contributed by atoms with Crippen molar-refractivity contribution < 1.29 is 4.58 Å². The van der Waals surface area contributed by atoms with Gasteiger partial charge in [0.2, 0.25) is 5.69 Å². The van der Waals surface area contributed by atoms with Gasteiger partial charge in [-0.25, -0.2) is 0 Å². The molecule has 0 spiro atoms. The van der Waals surface area contributed by atoms with Crippen LogP contribution >= 0.6 is 15.9 Å². The quantitative estimate of drug-likeness (QED) is 0.322. The Hall–Kier alpha value is -2.45. The van der Waals surface area contributed by atoms with Crippen molar-refractivity contribution in [2.45, 2.75) is 18.8 Å². The number of fused-ring (bicyclic) bond motifs is 3. The fourth-order valence-electron chi connectivity index (χ4n) is 4.32. The Kier molecular flexibility index (Phi) is 4.61. The van der Waals surface area contributed by atoms with Crippen LogP contribution in [-0.4, -0.2) is 17.3 Å². The van der Waals surface area contributed by atoms with Gasteiger partial charge in [0.15, 0.2) is 5.71 Å². The molecule has 1 aliphatic heterocycles. The number of rotatable bonds is 4. The lowest BCUT2D eigenvalue weighted by Gasteiger charge is -2.22. The van der Waals surface area contributed by atoms with Crippen LogP contribution in [0.15, 0.2) is 83.9 Å². The van der Waals surface area contributed by atoms with E-state index in [1.165, 1.54) is 33.3 Å². The maximum atomic E-state index is 4.05. The Morgan fingerprint density at radius 1 is 1.04 bits per heavy atom. The highest BCUT2D eigenvalue weighted by Gasteiger charge is 2.46. The summed E-state index contributed by atoms with van der Waals surface area (Å²) in [4.78, 5) is 0. The third-order valence-electron chi connectivity index (χ3n) is 5.58. The zero-order valence-electron chi connectivity index (χ0n) is 15.7. The molecule has 0 saturated carbocycles. The van der Waals surface area contributed by atoms with Crippen molar-refractivity contribution in [3.8, 4) is 0 Å². The van der Waals surface area contributed by atoms with Crippen LogP contribution < -0.4 is 0 Å². The van der Waals surface area contributed by atoms with Gasteiger partial charge in [0.25, 0.3) is 0 Å². The van der Waals surface area contributed by atoms with Gasteiger partial charge >= 0.3 is 0 Å². The zero-order valence-corrected chi connectivity index (χ0v) is 17.3. The molecule has 134 valence electrons. The molecule has 0 fully saturated rings. The van der Waals surface area contributed by atoms with Crippen molar-refractivity contribution in [3.63, 3.8) is 0 Å². The van der Waals surface area contributed by atoms with E-state index < -0.39 is 0 Å². The number of benzene rings is 3. The molecule has 27 heavy (non-hydrogen) atoms. The summed E-state index contributed by atoms with van der Waals surface area (Å²) in [5.74, 6) is 0. The molecule has 0 bridgehead atoms. The minimum atomic E-state index is -0.102. The topological polar surface area (TPSA) is 3.01 Å². The van der Waals surface area contributed by atoms with Crippen molar-refractivity contribution in [2.75, 3.05) is 7.05 Å². The number of nitrogens with zero attached hydrogens (tertiary/aromatic N) is 1. The second-order valence-electron chi connectivity index (χ2n) is 7.34. The molecule has 0 saturated heterocycles. The Bertz CT molecular complexity index is 1110. The van der Waals surface area contributed by atoms with E-state index in [0.717, 1.165) is 10.9 Å². The lowest BCUT2D eigenvalue weighted by atomic mass is 9.74. The number of allylic oxidation sites excluding steroid dienone is 2. The van der Waals surface area contributed by atoms with Crippen LogP contribution in [0.1, 0.15) is 24.5 Å². The molecule has 1 atom stereocenters. The molecule has 4 rings (SSSR count). The highest BCUT2D eigenvalue weighted by atomic mass is 79.9. The van der Waals surface area contributed by atoms with Crippen LogP contribution in [0.5, 0.6) is 0 Å². The number of halogens is 1. The van der Waals surface area contributed by atoms with Gasteiger partial charge in [-0.2, -0.15) is 4.58 Å². The van der Waals surface area contributed by atoms with Crippen molar-refractivity contribution in [1.82, 2.24) is 0 Å². The maximum absolute atomic E-state index is 4.05. The summed E-state index contributed by atoms with van der Waals surface area (Å²) in [6.07, 6.45) is 7.40. The lowest BCUT2D eigenvalue weighted by Crippen LogP contribution is -2.30. The monoisotopic (exact) mass is 416 g/mol. The summed E-state index contributed by atoms with van der Waals surface area (Å²) in [7, 11) is 2.17. The zero-order chi connectivity index (χ0) is 19.0. The van der Waals surface area contributed by atoms with Crippen molar-refractivity contribution in [1.29, 1.82) is 0 Å². The van der Waals surface area contributed by atoms with Gasteiger partial charge < -0.3 is 0 Å². The van der Waals surface area contributed by atoms with E-state index in [0.29, 0.717) is 0 Å². The molecule has 0 aliphatic carbocycles. The third-order valence-corrected chi connectivity index (χ3v) is 6.08. The van der Waals surface area contributed by atoms with Gasteiger partial charge in [0.1, 0.15) is 7.05 Å². The van der Waals surface area contributed by atoms with E-state index in [2.05, 4.69) is 114 Å². The van der Waals surface area contributed by atoms with Crippen molar-refractivity contribution in [2.24, 2.45) is 0 Å². The fourth-order valence-corrected chi connectivity index (χ4v) is 4.74. The smallest absolute Gasteiger partial charge is 0.198 e. The predicted octanol–water partition coefficient (Wildman–Crippen LogP) is 6.88. The first kappa shape index (κ1) is 17.9. The number of hydrogen-bond donors (Lipinski definition) is 0. The van der Waals surface area contributed by atoms with Gasteiger partial charge in [-0.05, 0) is 54.0 Å². The van der Waals surface area contributed by atoms with E-state index in [-0.39, 0.29) is 5.41 Å². The second kappa shape index (κ2) is 6.94. The third kappa shape index (κ3) is 2.98. The summed E-state index contributed by atoms with van der Waals surface area (Å²) in [6, 6.07) is 21.5. The van der Waals surface area contributed by atoms with E-state index in [4.69, 9.17) is 0 Å². The van der Waals surface area contributed by atoms with Gasteiger partial charge in [-0.3, -0.25) is 0 Å². The highest BCUT2D eigenvalue weighted by molar-refractivity contribution is 9.10. The molecule has 2 heteroatoms. The Balaban J connectivity index is 1.89. The largest absolute Gasteiger partial charge is 0.210 e. The first-order valence-corrected chi connectivity index (χ1v) is 10.0. The predicted molar refractivity (Wildman–Crippen MR) is 120 cm³/mol. The van der Waals surface area contributed by atoms with Crippen LogP contribution in [0.2, 0.25) is 0 Å². The van der Waals surface area contributed by atoms with E-state index in [1.807, 2.05) is 6.08 Å². The minimum absolute atomic E-state index is 0.102. The van der Waals surface area contributed by atoms with Gasteiger partial charge in [-0.15, -0.1) is 6.58 Å². The molecule has 1 aliphatic rings. The Labute approximate surface area is 169 Å². The summed E-state index contributed by atoms with van der Waals surface area (Å²) in [6.45, 7) is 6.39. The normalized spacial score (nSPS) is 19.1. The summed E-state index contributed by atoms with van der Waals surface area (Å²) in [5.41, 5.74) is 5.07. The first-order valence-electron chi connectivity index (χ1n) is 9.22. The number of hydrogen-bond acceptors (Lipinski definition) is 0. The summed E-state index contributed by atoms with van der Waals surface area (Å²) < 4.78 is 3.43. The van der Waals surface area contributed by atoms with Crippen LogP contribution in [0.25, 0.3) is 16.8 Å². The van der Waals surface area contributed by atoms with Crippen molar-refractivity contribution in [3.05, 3.63) is 95.0 Å². The molecule has 3 aromatic rings. The maximum Gasteiger partial charge on any atom is 0.210 e. The highest BCUT2D eigenvalue weighted by Crippen LogP contribution is 2.46. The van der Waals surface area contributed by atoms with Crippen LogP contribution in [0.3, 0.4) is 0 Å². The average molecular weight is 417 g/mol. The molecular formula is C25H23BrN+. The minimum Gasteiger partial charge on any atom is -0.198 e. The molecule has 3 aromatic carbocycles. The van der Waals surface area contributed by atoms with Crippen LogP contribution in [0.4, 0.5) is 5.69 Å². The first-order chi connectivity index (χ1) is 13.0. The molecule has 0 N–H and O–H groups in total. The summed E-state index contributed by atoms with van der Waals surface area (Å²) >= 11 is 3.56. The van der Waals surface area contributed by atoms with Crippen LogP contribution in [0, 0.1) is 0 Å². The van der Waals surface area contributed by atoms with Crippen LogP contribution in [-0.2, 0) is 5.41 Å². The fraction of sp³-hybridized carbons (Fsp3) is 0.160. The van der Waals surface area contributed by atoms with Gasteiger partial charge in [0.05, 0.1) is 5.41 Å². The SMILES string of the molecule is C=CCC1(C)C(/C=C/c2cccc(Br)c2)=[N+](C)c2ccc3ccccc3c21. The Morgan fingerprint density at radius 2 is 1.85 bits per heavy atom. The van der Waals surface area contributed by atoms with E-state index >= 15 is 0 Å². The molecule has 0 aromatic heterocycles. The standard InChI is InChI=1S/C25H23BrN/c1-4-16-25(2)23(15-12-18-8-7-10-20(26)17-18)27(3)22-14-13-19-9-5-6-11-21(19)24(22)25/h4-15,17H,1,16H2,2-3H3/q+1/b15-12+. The summed E-state index contributed by atoms with van der Waals surface area (Å²) in [5, 5.41) is 2.62. The average Bonchev–Trinajstić information content (AvgIpc) is 2.88. The van der Waals surface area contributed by atoms with E-state index in [1.54, 1.807) is 0 Å². The van der Waals surface area contributed by atoms with Crippen molar-refractivity contribution >= 4 is 44.2 Å². The molecule has 1 heterocycles. The van der Waals surface area contributed by atoms with E-state index in [9.17, 15) is 0 Å². The molecular weight excluding hydrogens is 394 g/mol. The Morgan fingerprint density at radius 3 is 2.63 bits per heavy atom. The molecule has 1 nitrogen and oxygen atoms in total. The van der Waals surface area contributed by atoms with Gasteiger partial charge in [-0.1, -0.05) is 58.4 Å².